The quantitative estimate of drug-likeness (QED) is 0.488. The number of aliphatic hydroxyl groups excluding tert-OH is 1. The molecule has 0 heterocycles. The molecule has 0 aromatic heterocycles. The molecule has 0 saturated carbocycles. The molecule has 4 N–H and O–H groups in total. The highest BCUT2D eigenvalue weighted by Gasteiger charge is 2.21. The van der Waals surface area contributed by atoms with Gasteiger partial charge in [0.1, 0.15) is 5.69 Å². The van der Waals surface area contributed by atoms with Crippen molar-refractivity contribution in [2.75, 3.05) is 11.9 Å². The molecule has 0 bridgehead atoms. The van der Waals surface area contributed by atoms with Gasteiger partial charge in [-0.1, -0.05) is 0 Å². The van der Waals surface area contributed by atoms with E-state index in [1.54, 1.807) is 5.32 Å². The van der Waals surface area contributed by atoms with Crippen LogP contribution in [0.25, 0.3) is 0 Å². The minimum atomic E-state index is -1.94. The van der Waals surface area contributed by atoms with Crippen LogP contribution in [0.3, 0.4) is 0 Å². The number of hydrogen-bond acceptors (Lipinski definition) is 3. The number of hydrogen-bond donors (Lipinski definition) is 4. The Balaban J connectivity index is 2.79. The number of amides is 2. The smallest absolute Gasteiger partial charge is 0.334 e. The fourth-order valence-corrected chi connectivity index (χ4v) is 1.12. The molecule has 0 radical (unpaired) electrons. The van der Waals surface area contributed by atoms with Crippen LogP contribution in [0, 0.1) is 23.3 Å². The minimum absolute atomic E-state index is 0.0397. The van der Waals surface area contributed by atoms with Gasteiger partial charge in [0.05, 0.1) is 6.54 Å². The van der Waals surface area contributed by atoms with Gasteiger partial charge in [-0.15, -0.1) is 0 Å². The van der Waals surface area contributed by atoms with Gasteiger partial charge < -0.3 is 20.8 Å². The topological polar surface area (TPSA) is 98.7 Å². The molecule has 0 fully saturated rings. The van der Waals surface area contributed by atoms with Gasteiger partial charge in [-0.05, 0) is 0 Å². The highest BCUT2D eigenvalue weighted by molar-refractivity contribution is 5.90. The van der Waals surface area contributed by atoms with E-state index in [-0.39, 0.29) is 6.07 Å². The van der Waals surface area contributed by atoms with Gasteiger partial charge in [-0.25, -0.2) is 27.2 Å². The van der Waals surface area contributed by atoms with Crippen LogP contribution in [-0.2, 0) is 4.79 Å². The molecule has 0 spiro atoms. The van der Waals surface area contributed by atoms with Crippen molar-refractivity contribution >= 4 is 17.7 Å². The molecule has 0 aliphatic heterocycles. The minimum Gasteiger partial charge on any atom is -0.479 e. The van der Waals surface area contributed by atoms with Gasteiger partial charge >= 0.3 is 12.0 Å². The van der Waals surface area contributed by atoms with Crippen molar-refractivity contribution in [3.05, 3.63) is 29.3 Å². The highest BCUT2D eigenvalue weighted by Crippen LogP contribution is 2.23. The van der Waals surface area contributed by atoms with Crippen molar-refractivity contribution in [3.8, 4) is 0 Å². The highest BCUT2D eigenvalue weighted by atomic mass is 19.2. The summed E-state index contributed by atoms with van der Waals surface area (Å²) >= 11 is 0. The molecular weight excluding hydrogens is 288 g/mol. The standard InChI is InChI=1S/C10H8F4N2O4/c11-3-1-4(12)7(14)8(6(3)13)16-10(20)15-2-5(17)9(18)19/h1,5,17H,2H2,(H,18,19)(H2,15,16,20). The van der Waals surface area contributed by atoms with Gasteiger partial charge in [0.15, 0.2) is 29.4 Å². The summed E-state index contributed by atoms with van der Waals surface area (Å²) in [6.45, 7) is -0.776. The Labute approximate surface area is 109 Å². The van der Waals surface area contributed by atoms with Crippen LogP contribution in [0.4, 0.5) is 28.0 Å². The van der Waals surface area contributed by atoms with E-state index in [0.29, 0.717) is 0 Å². The third-order valence-corrected chi connectivity index (χ3v) is 2.09. The molecule has 1 unspecified atom stereocenters. The number of aliphatic hydroxyl groups is 1. The lowest BCUT2D eigenvalue weighted by Gasteiger charge is -2.11. The molecule has 0 aliphatic rings. The summed E-state index contributed by atoms with van der Waals surface area (Å²) in [7, 11) is 0. The first kappa shape index (κ1) is 15.7. The molecule has 0 saturated heterocycles. The number of carbonyl (C=O) groups is 2. The van der Waals surface area contributed by atoms with Gasteiger partial charge in [0.2, 0.25) is 0 Å². The molecule has 6 nitrogen and oxygen atoms in total. The van der Waals surface area contributed by atoms with Crippen molar-refractivity contribution in [1.29, 1.82) is 0 Å². The number of urea groups is 1. The number of benzene rings is 1. The van der Waals surface area contributed by atoms with E-state index < -0.39 is 53.6 Å². The van der Waals surface area contributed by atoms with Crippen molar-refractivity contribution < 1.29 is 37.4 Å². The number of halogens is 4. The van der Waals surface area contributed by atoms with Crippen molar-refractivity contribution in [3.63, 3.8) is 0 Å². The van der Waals surface area contributed by atoms with Gasteiger partial charge in [-0.2, -0.15) is 0 Å². The lowest BCUT2D eigenvalue weighted by Crippen LogP contribution is -2.39. The summed E-state index contributed by atoms with van der Waals surface area (Å²) in [6.07, 6.45) is -1.94. The van der Waals surface area contributed by atoms with Crippen LogP contribution in [0.1, 0.15) is 0 Å². The average Bonchev–Trinajstić information content (AvgIpc) is 2.38. The monoisotopic (exact) mass is 296 g/mol. The maximum absolute atomic E-state index is 13.2. The second kappa shape index (κ2) is 6.19. The van der Waals surface area contributed by atoms with Crippen molar-refractivity contribution in [1.82, 2.24) is 5.32 Å². The van der Waals surface area contributed by atoms with Crippen LogP contribution in [-0.4, -0.2) is 34.9 Å². The third kappa shape index (κ3) is 3.57. The summed E-state index contributed by atoms with van der Waals surface area (Å²) in [6, 6.07) is -1.39. The second-order valence-corrected chi connectivity index (χ2v) is 3.53. The summed E-state index contributed by atoms with van der Waals surface area (Å²) in [5.74, 6) is -8.72. The molecule has 1 rings (SSSR count). The van der Waals surface area contributed by atoms with E-state index in [1.807, 2.05) is 0 Å². The SMILES string of the molecule is O=C(NCC(O)C(=O)O)Nc1c(F)c(F)cc(F)c1F. The molecular formula is C10H8F4N2O4. The zero-order chi connectivity index (χ0) is 15.4. The van der Waals surface area contributed by atoms with Gasteiger partial charge in [0, 0.05) is 6.07 Å². The molecule has 1 aromatic rings. The lowest BCUT2D eigenvalue weighted by atomic mass is 10.2. The number of nitrogens with one attached hydrogen (secondary N) is 2. The fourth-order valence-electron chi connectivity index (χ4n) is 1.12. The molecule has 1 atom stereocenters. The number of aliphatic carboxylic acids is 1. The number of carboxylic acids is 1. The Kier molecular flexibility index (Phi) is 4.86. The molecule has 2 amide bonds. The lowest BCUT2D eigenvalue weighted by molar-refractivity contribution is -0.146. The summed E-state index contributed by atoms with van der Waals surface area (Å²) < 4.78 is 52.0. The van der Waals surface area contributed by atoms with E-state index in [9.17, 15) is 27.2 Å². The molecule has 20 heavy (non-hydrogen) atoms. The number of carbonyl (C=O) groups excluding carboxylic acids is 1. The zero-order valence-corrected chi connectivity index (χ0v) is 9.58. The zero-order valence-electron chi connectivity index (χ0n) is 9.58. The molecule has 10 heteroatoms. The van der Waals surface area contributed by atoms with Crippen LogP contribution in [0.5, 0.6) is 0 Å². The Morgan fingerprint density at radius 2 is 1.65 bits per heavy atom. The Hall–Kier alpha value is -2.36. The molecule has 0 aliphatic carbocycles. The van der Waals surface area contributed by atoms with Crippen LogP contribution < -0.4 is 10.6 Å². The summed E-state index contributed by atoms with van der Waals surface area (Å²) in [5.41, 5.74) is -1.37. The largest absolute Gasteiger partial charge is 0.479 e. The van der Waals surface area contributed by atoms with E-state index in [2.05, 4.69) is 0 Å². The Morgan fingerprint density at radius 3 is 2.10 bits per heavy atom. The Bertz CT molecular complexity index is 526. The van der Waals surface area contributed by atoms with Gasteiger partial charge in [-0.3, -0.25) is 0 Å². The maximum Gasteiger partial charge on any atom is 0.334 e. The molecule has 110 valence electrons. The van der Waals surface area contributed by atoms with E-state index in [1.165, 1.54) is 5.32 Å². The van der Waals surface area contributed by atoms with Crippen LogP contribution in [0.15, 0.2) is 6.07 Å². The normalized spacial score (nSPS) is 11.8. The Morgan fingerprint density at radius 1 is 1.15 bits per heavy atom. The predicted octanol–water partition coefficient (Wildman–Crippen LogP) is 0.810. The number of anilines is 1. The first-order chi connectivity index (χ1) is 9.23. The summed E-state index contributed by atoms with van der Waals surface area (Å²) in [5, 5.41) is 20.4. The number of rotatable bonds is 4. The third-order valence-electron chi connectivity index (χ3n) is 2.09. The van der Waals surface area contributed by atoms with E-state index in [0.717, 1.165) is 0 Å². The van der Waals surface area contributed by atoms with E-state index in [4.69, 9.17) is 10.2 Å². The van der Waals surface area contributed by atoms with Crippen LogP contribution in [0.2, 0.25) is 0 Å². The number of carboxylic acid groups (broad SMARTS) is 1. The van der Waals surface area contributed by atoms with Crippen molar-refractivity contribution in [2.45, 2.75) is 6.10 Å². The predicted molar refractivity (Wildman–Crippen MR) is 56.9 cm³/mol. The maximum atomic E-state index is 13.2. The van der Waals surface area contributed by atoms with Gasteiger partial charge in [0.25, 0.3) is 0 Å². The van der Waals surface area contributed by atoms with E-state index >= 15 is 0 Å². The fraction of sp³-hybridized carbons (Fsp3) is 0.200. The average molecular weight is 296 g/mol. The molecule has 1 aromatic carbocycles. The first-order valence-corrected chi connectivity index (χ1v) is 5.02. The van der Waals surface area contributed by atoms with Crippen LogP contribution >= 0.6 is 0 Å². The second-order valence-electron chi connectivity index (χ2n) is 3.53. The first-order valence-electron chi connectivity index (χ1n) is 5.02. The summed E-state index contributed by atoms with van der Waals surface area (Å²) in [4.78, 5) is 21.4. The van der Waals surface area contributed by atoms with Crippen molar-refractivity contribution in [2.24, 2.45) is 0 Å².